The molecule has 1 saturated carbocycles. The lowest BCUT2D eigenvalue weighted by atomic mass is 9.83. The minimum Gasteiger partial charge on any atom is -0.393 e. The Morgan fingerprint density at radius 1 is 1.07 bits per heavy atom. The van der Waals surface area contributed by atoms with Crippen LogP contribution in [0.15, 0.2) is 24.3 Å². The van der Waals surface area contributed by atoms with Gasteiger partial charge in [-0.15, -0.1) is 0 Å². The highest BCUT2D eigenvalue weighted by molar-refractivity contribution is 5.33. The summed E-state index contributed by atoms with van der Waals surface area (Å²) < 4.78 is 0. The van der Waals surface area contributed by atoms with E-state index in [4.69, 9.17) is 5.26 Å². The van der Waals surface area contributed by atoms with Crippen molar-refractivity contribution in [2.45, 2.75) is 37.7 Å². The number of hydrogen-bond donors (Lipinski definition) is 1. The molecule has 2 heteroatoms. The predicted molar refractivity (Wildman–Crippen MR) is 58.4 cm³/mol. The van der Waals surface area contributed by atoms with Crippen LogP contribution in [0.4, 0.5) is 0 Å². The van der Waals surface area contributed by atoms with E-state index < -0.39 is 0 Å². The average Bonchev–Trinajstić information content (AvgIpc) is 2.30. The van der Waals surface area contributed by atoms with Gasteiger partial charge in [0.05, 0.1) is 17.7 Å². The van der Waals surface area contributed by atoms with Crippen LogP contribution in [0.3, 0.4) is 0 Å². The van der Waals surface area contributed by atoms with Gasteiger partial charge < -0.3 is 5.11 Å². The molecule has 2 nitrogen and oxygen atoms in total. The van der Waals surface area contributed by atoms with Crippen LogP contribution in [0.25, 0.3) is 0 Å². The Bertz CT molecular complexity index is 355. The van der Waals surface area contributed by atoms with Crippen LogP contribution in [0.1, 0.15) is 42.7 Å². The summed E-state index contributed by atoms with van der Waals surface area (Å²) in [7, 11) is 0. The van der Waals surface area contributed by atoms with E-state index >= 15 is 0 Å². The highest BCUT2D eigenvalue weighted by atomic mass is 16.3. The quantitative estimate of drug-likeness (QED) is 0.759. The number of nitriles is 1. The van der Waals surface area contributed by atoms with Crippen molar-refractivity contribution in [2.24, 2.45) is 0 Å². The van der Waals surface area contributed by atoms with Crippen molar-refractivity contribution in [1.29, 1.82) is 5.26 Å². The van der Waals surface area contributed by atoms with Gasteiger partial charge in [-0.05, 0) is 49.3 Å². The molecule has 1 fully saturated rings. The lowest BCUT2D eigenvalue weighted by Gasteiger charge is -2.25. The largest absolute Gasteiger partial charge is 0.393 e. The number of aliphatic hydroxyl groups excluding tert-OH is 1. The van der Waals surface area contributed by atoms with E-state index in [1.807, 2.05) is 24.3 Å². The molecule has 1 N–H and O–H groups in total. The zero-order chi connectivity index (χ0) is 10.7. The van der Waals surface area contributed by atoms with Crippen molar-refractivity contribution < 1.29 is 5.11 Å². The summed E-state index contributed by atoms with van der Waals surface area (Å²) in [6, 6.07) is 9.96. The molecule has 0 unspecified atom stereocenters. The SMILES string of the molecule is N#Cc1ccc(C2CCC(O)CC2)cc1. The molecule has 1 aliphatic carbocycles. The van der Waals surface area contributed by atoms with Gasteiger partial charge in [0.15, 0.2) is 0 Å². The van der Waals surface area contributed by atoms with Crippen molar-refractivity contribution in [1.82, 2.24) is 0 Å². The Kier molecular flexibility index (Phi) is 3.03. The minimum atomic E-state index is -0.0976. The summed E-state index contributed by atoms with van der Waals surface area (Å²) in [6.07, 6.45) is 3.84. The average molecular weight is 201 g/mol. The minimum absolute atomic E-state index is 0.0976. The van der Waals surface area contributed by atoms with Crippen LogP contribution in [-0.4, -0.2) is 11.2 Å². The predicted octanol–water partition coefficient (Wildman–Crippen LogP) is 2.58. The summed E-state index contributed by atoms with van der Waals surface area (Å²) in [5, 5.41) is 18.1. The summed E-state index contributed by atoms with van der Waals surface area (Å²) in [5.41, 5.74) is 2.02. The van der Waals surface area contributed by atoms with E-state index in [0.717, 1.165) is 31.2 Å². The monoisotopic (exact) mass is 201 g/mol. The van der Waals surface area contributed by atoms with Crippen LogP contribution in [0.5, 0.6) is 0 Å². The third-order valence-corrected chi connectivity index (χ3v) is 3.21. The maximum absolute atomic E-state index is 9.41. The van der Waals surface area contributed by atoms with Gasteiger partial charge in [0.2, 0.25) is 0 Å². The van der Waals surface area contributed by atoms with E-state index in [2.05, 4.69) is 6.07 Å². The smallest absolute Gasteiger partial charge is 0.0991 e. The molecular formula is C13H15NO. The van der Waals surface area contributed by atoms with Crippen LogP contribution in [-0.2, 0) is 0 Å². The van der Waals surface area contributed by atoms with Gasteiger partial charge in [0.1, 0.15) is 0 Å². The molecule has 0 atom stereocenters. The molecular weight excluding hydrogens is 186 g/mol. The first-order chi connectivity index (χ1) is 7.29. The number of hydrogen-bond acceptors (Lipinski definition) is 2. The molecule has 1 aromatic carbocycles. The van der Waals surface area contributed by atoms with E-state index in [1.165, 1.54) is 5.56 Å². The molecule has 0 aliphatic heterocycles. The molecule has 1 aromatic rings. The molecule has 0 aromatic heterocycles. The van der Waals surface area contributed by atoms with Crippen molar-refractivity contribution in [2.75, 3.05) is 0 Å². The molecule has 0 saturated heterocycles. The molecule has 15 heavy (non-hydrogen) atoms. The highest BCUT2D eigenvalue weighted by Gasteiger charge is 2.20. The normalized spacial score (nSPS) is 25.9. The molecule has 0 spiro atoms. The topological polar surface area (TPSA) is 44.0 Å². The first-order valence-electron chi connectivity index (χ1n) is 5.47. The maximum atomic E-state index is 9.41. The third-order valence-electron chi connectivity index (χ3n) is 3.21. The van der Waals surface area contributed by atoms with Crippen LogP contribution in [0, 0.1) is 11.3 Å². The Labute approximate surface area is 90.2 Å². The van der Waals surface area contributed by atoms with Crippen molar-refractivity contribution in [3.05, 3.63) is 35.4 Å². The van der Waals surface area contributed by atoms with E-state index in [-0.39, 0.29) is 6.10 Å². The summed E-state index contributed by atoms with van der Waals surface area (Å²) in [5.74, 6) is 0.571. The van der Waals surface area contributed by atoms with E-state index in [0.29, 0.717) is 5.92 Å². The van der Waals surface area contributed by atoms with Gasteiger partial charge in [-0.2, -0.15) is 5.26 Å². The number of nitrogens with zero attached hydrogens (tertiary/aromatic N) is 1. The Morgan fingerprint density at radius 2 is 1.67 bits per heavy atom. The lowest BCUT2D eigenvalue weighted by Crippen LogP contribution is -2.16. The van der Waals surface area contributed by atoms with Crippen molar-refractivity contribution >= 4 is 0 Å². The molecule has 0 amide bonds. The van der Waals surface area contributed by atoms with Crippen LogP contribution < -0.4 is 0 Å². The third kappa shape index (κ3) is 2.37. The first kappa shape index (κ1) is 10.2. The lowest BCUT2D eigenvalue weighted by molar-refractivity contribution is 0.122. The fourth-order valence-corrected chi connectivity index (χ4v) is 2.24. The van der Waals surface area contributed by atoms with E-state index in [1.54, 1.807) is 0 Å². The first-order valence-corrected chi connectivity index (χ1v) is 5.47. The van der Waals surface area contributed by atoms with Crippen LogP contribution >= 0.6 is 0 Å². The zero-order valence-corrected chi connectivity index (χ0v) is 8.69. The summed E-state index contributed by atoms with van der Waals surface area (Å²) in [4.78, 5) is 0. The second-order valence-electron chi connectivity index (χ2n) is 4.24. The number of rotatable bonds is 1. The van der Waals surface area contributed by atoms with Crippen LogP contribution in [0.2, 0.25) is 0 Å². The number of benzene rings is 1. The van der Waals surface area contributed by atoms with Gasteiger partial charge in [-0.25, -0.2) is 0 Å². The van der Waals surface area contributed by atoms with E-state index in [9.17, 15) is 5.11 Å². The second kappa shape index (κ2) is 4.46. The van der Waals surface area contributed by atoms with Gasteiger partial charge in [0, 0.05) is 0 Å². The highest BCUT2D eigenvalue weighted by Crippen LogP contribution is 2.32. The van der Waals surface area contributed by atoms with Gasteiger partial charge in [-0.3, -0.25) is 0 Å². The summed E-state index contributed by atoms with van der Waals surface area (Å²) in [6.45, 7) is 0. The fourth-order valence-electron chi connectivity index (χ4n) is 2.24. The molecule has 0 radical (unpaired) electrons. The van der Waals surface area contributed by atoms with Crippen molar-refractivity contribution in [3.63, 3.8) is 0 Å². The Balaban J connectivity index is 2.07. The van der Waals surface area contributed by atoms with Gasteiger partial charge in [0.25, 0.3) is 0 Å². The Morgan fingerprint density at radius 3 is 2.20 bits per heavy atom. The molecule has 0 heterocycles. The zero-order valence-electron chi connectivity index (χ0n) is 8.69. The molecule has 2 rings (SSSR count). The van der Waals surface area contributed by atoms with Crippen molar-refractivity contribution in [3.8, 4) is 6.07 Å². The number of aliphatic hydroxyl groups is 1. The molecule has 0 bridgehead atoms. The van der Waals surface area contributed by atoms with Gasteiger partial charge >= 0.3 is 0 Å². The molecule has 1 aliphatic rings. The second-order valence-corrected chi connectivity index (χ2v) is 4.24. The Hall–Kier alpha value is -1.33. The maximum Gasteiger partial charge on any atom is 0.0991 e. The summed E-state index contributed by atoms with van der Waals surface area (Å²) >= 11 is 0. The van der Waals surface area contributed by atoms with Gasteiger partial charge in [-0.1, -0.05) is 12.1 Å². The fraction of sp³-hybridized carbons (Fsp3) is 0.462. The molecule has 78 valence electrons. The standard InChI is InChI=1S/C13H15NO/c14-9-10-1-3-11(4-2-10)12-5-7-13(15)8-6-12/h1-4,12-13,15H,5-8H2.